The topological polar surface area (TPSA) is 34.8 Å². The Morgan fingerprint density at radius 2 is 2.38 bits per heavy atom. The Bertz CT molecular complexity index is 419. The molecule has 2 aromatic heterocycles. The maximum absolute atomic E-state index is 5.28. The first-order chi connectivity index (χ1) is 6.20. The van der Waals surface area contributed by atoms with Crippen molar-refractivity contribution in [3.05, 3.63) is 18.4 Å². The van der Waals surface area contributed by atoms with E-state index < -0.39 is 0 Å². The van der Waals surface area contributed by atoms with E-state index >= 15 is 0 Å². The van der Waals surface area contributed by atoms with Crippen LogP contribution in [0, 0.1) is 0 Å². The van der Waals surface area contributed by atoms with E-state index in [1.165, 1.54) is 0 Å². The lowest BCUT2D eigenvalue weighted by Crippen LogP contribution is -2.32. The second kappa shape index (κ2) is 2.92. The Balaban J connectivity index is 2.64. The van der Waals surface area contributed by atoms with E-state index in [1.807, 2.05) is 30.8 Å². The number of aryl methyl sites for hydroxylation is 1. The molecule has 0 aliphatic carbocycles. The zero-order chi connectivity index (χ0) is 9.42. The molecule has 0 fully saturated rings. The highest BCUT2D eigenvalue weighted by atomic mass is 32.1. The van der Waals surface area contributed by atoms with Crippen molar-refractivity contribution in [1.29, 1.82) is 0 Å². The van der Waals surface area contributed by atoms with Gasteiger partial charge in [0.15, 0.2) is 0 Å². The minimum absolute atomic E-state index is 0.661. The largest absolute Gasteiger partial charge is 0.456 e. The van der Waals surface area contributed by atoms with Crippen molar-refractivity contribution in [2.24, 2.45) is 14.1 Å². The SMILES string of the molecule is Cn1c(S)n[n+](C)c1-c1ccco1. The molecule has 0 aromatic carbocycles. The van der Waals surface area contributed by atoms with Crippen LogP contribution in [0.1, 0.15) is 0 Å². The maximum Gasteiger partial charge on any atom is 0.347 e. The molecule has 0 radical (unpaired) electrons. The second-order valence-electron chi connectivity index (χ2n) is 2.78. The fourth-order valence-electron chi connectivity index (χ4n) is 1.29. The average Bonchev–Trinajstić information content (AvgIpc) is 2.63. The van der Waals surface area contributed by atoms with Crippen molar-refractivity contribution in [2.45, 2.75) is 5.16 Å². The highest BCUT2D eigenvalue weighted by Crippen LogP contribution is 2.16. The molecule has 0 saturated carbocycles. The van der Waals surface area contributed by atoms with Crippen molar-refractivity contribution in [3.63, 3.8) is 0 Å². The van der Waals surface area contributed by atoms with Crippen molar-refractivity contribution >= 4 is 12.6 Å². The summed E-state index contributed by atoms with van der Waals surface area (Å²) in [5.41, 5.74) is 0. The van der Waals surface area contributed by atoms with Crippen LogP contribution in [-0.4, -0.2) is 9.67 Å². The Morgan fingerprint density at radius 1 is 1.62 bits per heavy atom. The van der Waals surface area contributed by atoms with Crippen LogP contribution < -0.4 is 4.68 Å². The highest BCUT2D eigenvalue weighted by Gasteiger charge is 2.21. The molecule has 5 heteroatoms. The number of aromatic nitrogens is 3. The molecule has 0 spiro atoms. The Labute approximate surface area is 81.2 Å². The summed E-state index contributed by atoms with van der Waals surface area (Å²) in [6.45, 7) is 0. The van der Waals surface area contributed by atoms with Crippen molar-refractivity contribution in [3.8, 4) is 11.6 Å². The summed E-state index contributed by atoms with van der Waals surface area (Å²) < 4.78 is 8.88. The summed E-state index contributed by atoms with van der Waals surface area (Å²) in [4.78, 5) is 0. The third-order valence-electron chi connectivity index (χ3n) is 1.91. The van der Waals surface area contributed by atoms with Gasteiger partial charge in [0.1, 0.15) is 7.05 Å². The second-order valence-corrected chi connectivity index (χ2v) is 3.18. The molecule has 0 atom stereocenters. The fraction of sp³-hybridized carbons (Fsp3) is 0.250. The summed E-state index contributed by atoms with van der Waals surface area (Å²) in [5, 5.41) is 4.81. The molecule has 0 bridgehead atoms. The Kier molecular flexibility index (Phi) is 1.88. The quantitative estimate of drug-likeness (QED) is 0.540. The predicted molar refractivity (Wildman–Crippen MR) is 49.3 cm³/mol. The summed E-state index contributed by atoms with van der Waals surface area (Å²) in [7, 11) is 3.75. The van der Waals surface area contributed by atoms with Crippen LogP contribution in [-0.2, 0) is 14.1 Å². The van der Waals surface area contributed by atoms with E-state index in [-0.39, 0.29) is 0 Å². The number of rotatable bonds is 1. The highest BCUT2D eigenvalue weighted by molar-refractivity contribution is 7.80. The number of thiol groups is 1. The monoisotopic (exact) mass is 196 g/mol. The van der Waals surface area contributed by atoms with Gasteiger partial charge in [-0.2, -0.15) is 0 Å². The smallest absolute Gasteiger partial charge is 0.347 e. The van der Waals surface area contributed by atoms with Crippen LogP contribution in [0.15, 0.2) is 28.0 Å². The van der Waals surface area contributed by atoms with Crippen LogP contribution in [0.3, 0.4) is 0 Å². The lowest BCUT2D eigenvalue weighted by molar-refractivity contribution is -0.720. The Morgan fingerprint density at radius 3 is 2.85 bits per heavy atom. The molecule has 0 aliphatic rings. The van der Waals surface area contributed by atoms with E-state index in [1.54, 1.807) is 10.9 Å². The van der Waals surface area contributed by atoms with Gasteiger partial charge in [0.2, 0.25) is 5.76 Å². The zero-order valence-electron chi connectivity index (χ0n) is 7.43. The predicted octanol–water partition coefficient (Wildman–Crippen LogP) is 0.793. The first kappa shape index (κ1) is 8.37. The molecule has 68 valence electrons. The van der Waals surface area contributed by atoms with Crippen molar-refractivity contribution < 1.29 is 9.10 Å². The summed E-state index contributed by atoms with van der Waals surface area (Å²) in [6.07, 6.45) is 1.64. The van der Waals surface area contributed by atoms with E-state index in [4.69, 9.17) is 4.42 Å². The Hall–Kier alpha value is -1.23. The molecule has 4 nitrogen and oxygen atoms in total. The van der Waals surface area contributed by atoms with Gasteiger partial charge in [-0.3, -0.25) is 0 Å². The van der Waals surface area contributed by atoms with E-state index in [9.17, 15) is 0 Å². The summed E-state index contributed by atoms with van der Waals surface area (Å²) in [5.74, 6) is 1.69. The third kappa shape index (κ3) is 1.25. The van der Waals surface area contributed by atoms with Gasteiger partial charge in [0.25, 0.3) is 5.16 Å². The van der Waals surface area contributed by atoms with Gasteiger partial charge >= 0.3 is 5.82 Å². The summed E-state index contributed by atoms with van der Waals surface area (Å²) >= 11 is 4.21. The number of nitrogens with zero attached hydrogens (tertiary/aromatic N) is 3. The van der Waals surface area contributed by atoms with E-state index in [2.05, 4.69) is 17.7 Å². The standard InChI is InChI=1S/C8H9N3OS/c1-10-7(6-4-3-5-12-6)11(2)9-8(10)13/h3-5H,1-2H3/p+1. The van der Waals surface area contributed by atoms with E-state index in [0.29, 0.717) is 5.16 Å². The number of furan rings is 1. The lowest BCUT2D eigenvalue weighted by atomic mass is 10.4. The van der Waals surface area contributed by atoms with E-state index in [0.717, 1.165) is 11.6 Å². The minimum Gasteiger partial charge on any atom is -0.456 e. The molecule has 2 heterocycles. The lowest BCUT2D eigenvalue weighted by Gasteiger charge is -1.90. The van der Waals surface area contributed by atoms with Crippen molar-refractivity contribution in [2.75, 3.05) is 0 Å². The molecule has 0 saturated heterocycles. The van der Waals surface area contributed by atoms with Gasteiger partial charge < -0.3 is 4.42 Å². The zero-order valence-corrected chi connectivity index (χ0v) is 8.32. The van der Waals surface area contributed by atoms with Crippen LogP contribution in [0.5, 0.6) is 0 Å². The maximum atomic E-state index is 5.28. The first-order valence-electron chi connectivity index (χ1n) is 3.86. The van der Waals surface area contributed by atoms with Gasteiger partial charge in [-0.1, -0.05) is 12.6 Å². The van der Waals surface area contributed by atoms with Crippen LogP contribution >= 0.6 is 12.6 Å². The van der Waals surface area contributed by atoms with Crippen LogP contribution in [0.25, 0.3) is 11.6 Å². The number of hydrogen-bond acceptors (Lipinski definition) is 3. The average molecular weight is 196 g/mol. The molecule has 2 rings (SSSR count). The molecule has 0 unspecified atom stereocenters. The molecule has 0 aliphatic heterocycles. The molecule has 0 amide bonds. The van der Waals surface area contributed by atoms with Gasteiger partial charge in [0.05, 0.1) is 13.3 Å². The molecule has 0 N–H and O–H groups in total. The minimum atomic E-state index is 0.661. The van der Waals surface area contributed by atoms with Gasteiger partial charge in [-0.25, -0.2) is 4.57 Å². The molecular weight excluding hydrogens is 186 g/mol. The molecule has 13 heavy (non-hydrogen) atoms. The molecule has 2 aromatic rings. The van der Waals surface area contributed by atoms with Crippen LogP contribution in [0.2, 0.25) is 0 Å². The van der Waals surface area contributed by atoms with Crippen LogP contribution in [0.4, 0.5) is 0 Å². The van der Waals surface area contributed by atoms with Gasteiger partial charge in [-0.15, -0.1) is 4.68 Å². The van der Waals surface area contributed by atoms with Gasteiger partial charge in [-0.05, 0) is 17.2 Å². The normalized spacial score (nSPS) is 10.7. The third-order valence-corrected chi connectivity index (χ3v) is 2.29. The number of hydrogen-bond donors (Lipinski definition) is 1. The molecular formula is C8H10N3OS+. The fourth-order valence-corrected chi connectivity index (χ4v) is 1.52. The first-order valence-corrected chi connectivity index (χ1v) is 4.30. The summed E-state index contributed by atoms with van der Waals surface area (Å²) in [6, 6.07) is 3.74. The van der Waals surface area contributed by atoms with Crippen molar-refractivity contribution in [1.82, 2.24) is 9.67 Å². The van der Waals surface area contributed by atoms with Gasteiger partial charge in [0, 0.05) is 0 Å².